The van der Waals surface area contributed by atoms with Gasteiger partial charge < -0.3 is 24.8 Å². The van der Waals surface area contributed by atoms with Gasteiger partial charge in [0.05, 0.1) is 0 Å². The van der Waals surface area contributed by atoms with Gasteiger partial charge in [0, 0.05) is 11.8 Å². The van der Waals surface area contributed by atoms with Gasteiger partial charge in [-0.2, -0.15) is 0 Å². The van der Waals surface area contributed by atoms with Crippen LogP contribution in [0.2, 0.25) is 0 Å². The first-order valence-electron chi connectivity index (χ1n) is 11.1. The Morgan fingerprint density at radius 3 is 2.64 bits per heavy atom. The Kier molecular flexibility index (Phi) is 5.94. The van der Waals surface area contributed by atoms with E-state index in [1.54, 1.807) is 18.2 Å². The molecule has 1 saturated carbocycles. The zero-order valence-corrected chi connectivity index (χ0v) is 19.1. The highest BCUT2D eigenvalue weighted by Crippen LogP contribution is 2.46. The molecule has 1 aromatic carbocycles. The van der Waals surface area contributed by atoms with Crippen LogP contribution in [0.4, 0.5) is 10.5 Å². The van der Waals surface area contributed by atoms with Gasteiger partial charge in [0.25, 0.3) is 11.8 Å². The van der Waals surface area contributed by atoms with Gasteiger partial charge in [-0.05, 0) is 42.7 Å². The van der Waals surface area contributed by atoms with Gasteiger partial charge in [0.2, 0.25) is 0 Å². The van der Waals surface area contributed by atoms with Crippen LogP contribution in [0.3, 0.4) is 0 Å². The molecule has 4 amide bonds. The Hall–Kier alpha value is -3.30. The molecule has 178 valence electrons. The van der Waals surface area contributed by atoms with E-state index in [1.165, 1.54) is 0 Å². The number of nitrogens with one attached hydrogen (secondary N) is 2. The van der Waals surface area contributed by atoms with Crippen LogP contribution in [0.25, 0.3) is 0 Å². The van der Waals surface area contributed by atoms with E-state index in [4.69, 9.17) is 14.2 Å². The lowest BCUT2D eigenvalue weighted by molar-refractivity contribution is -0.150. The van der Waals surface area contributed by atoms with Crippen LogP contribution in [0.5, 0.6) is 11.5 Å². The second-order valence-electron chi connectivity index (χ2n) is 9.83. The van der Waals surface area contributed by atoms with Crippen LogP contribution in [0.1, 0.15) is 40.0 Å². The number of hydrogen-bond donors (Lipinski definition) is 2. The molecule has 2 atom stereocenters. The lowest BCUT2D eigenvalue weighted by Gasteiger charge is -2.43. The number of esters is 1. The van der Waals surface area contributed by atoms with E-state index in [0.29, 0.717) is 43.2 Å². The summed E-state index contributed by atoms with van der Waals surface area (Å²) in [7, 11) is 0. The van der Waals surface area contributed by atoms with Gasteiger partial charge in [0.15, 0.2) is 18.1 Å². The Bertz CT molecular complexity index is 992. The molecule has 4 rings (SSSR count). The van der Waals surface area contributed by atoms with Gasteiger partial charge in [-0.15, -0.1) is 0 Å². The van der Waals surface area contributed by atoms with E-state index in [2.05, 4.69) is 31.4 Å². The average molecular weight is 459 g/mol. The second-order valence-corrected chi connectivity index (χ2v) is 9.83. The van der Waals surface area contributed by atoms with Gasteiger partial charge >= 0.3 is 12.0 Å². The quantitative estimate of drug-likeness (QED) is 0.510. The van der Waals surface area contributed by atoms with E-state index in [1.807, 2.05) is 0 Å². The summed E-state index contributed by atoms with van der Waals surface area (Å²) in [6.07, 6.45) is 2.00. The fourth-order valence-corrected chi connectivity index (χ4v) is 5.29. The molecule has 2 N–H and O–H groups in total. The number of nitrogens with zero attached hydrogens (tertiary/aromatic N) is 1. The van der Waals surface area contributed by atoms with Crippen molar-refractivity contribution in [2.45, 2.75) is 45.6 Å². The van der Waals surface area contributed by atoms with E-state index < -0.39 is 42.5 Å². The molecule has 2 fully saturated rings. The maximum atomic E-state index is 13.1. The van der Waals surface area contributed by atoms with E-state index >= 15 is 0 Å². The first kappa shape index (κ1) is 22.9. The fourth-order valence-electron chi connectivity index (χ4n) is 5.29. The minimum Gasteiger partial charge on any atom is -0.486 e. The van der Waals surface area contributed by atoms with E-state index in [0.717, 1.165) is 11.3 Å². The molecule has 1 spiro atoms. The smallest absolute Gasteiger partial charge is 0.326 e. The van der Waals surface area contributed by atoms with Crippen molar-refractivity contribution in [1.29, 1.82) is 0 Å². The van der Waals surface area contributed by atoms with Gasteiger partial charge in [0.1, 0.15) is 25.3 Å². The number of benzene rings is 1. The lowest BCUT2D eigenvalue weighted by Crippen LogP contribution is -2.54. The van der Waals surface area contributed by atoms with Crippen molar-refractivity contribution in [3.05, 3.63) is 18.2 Å². The first-order valence-corrected chi connectivity index (χ1v) is 11.1. The summed E-state index contributed by atoms with van der Waals surface area (Å²) in [6.45, 7) is 5.98. The Morgan fingerprint density at radius 1 is 1.18 bits per heavy atom. The molecule has 33 heavy (non-hydrogen) atoms. The van der Waals surface area contributed by atoms with Crippen LogP contribution < -0.4 is 20.1 Å². The van der Waals surface area contributed by atoms with Crippen molar-refractivity contribution in [2.24, 2.45) is 11.3 Å². The second kappa shape index (κ2) is 8.57. The molecule has 0 unspecified atom stereocenters. The maximum Gasteiger partial charge on any atom is 0.326 e. The molecule has 10 nitrogen and oxygen atoms in total. The third kappa shape index (κ3) is 4.89. The molecular weight excluding hydrogens is 430 g/mol. The molecule has 1 saturated heterocycles. The van der Waals surface area contributed by atoms with Crippen molar-refractivity contribution < 1.29 is 33.4 Å². The number of hydrogen-bond acceptors (Lipinski definition) is 7. The number of fused-ring (bicyclic) bond motifs is 1. The Labute approximate surface area is 191 Å². The molecule has 10 heteroatoms. The number of ether oxygens (including phenoxy) is 3. The molecule has 0 radical (unpaired) electrons. The summed E-state index contributed by atoms with van der Waals surface area (Å²) >= 11 is 0. The molecule has 0 bridgehead atoms. The zero-order valence-electron chi connectivity index (χ0n) is 19.1. The monoisotopic (exact) mass is 459 g/mol. The molecule has 2 heterocycles. The number of amides is 4. The molecule has 2 aliphatic heterocycles. The summed E-state index contributed by atoms with van der Waals surface area (Å²) < 4.78 is 15.9. The largest absolute Gasteiger partial charge is 0.486 e. The van der Waals surface area contributed by atoms with Crippen molar-refractivity contribution in [3.8, 4) is 11.5 Å². The summed E-state index contributed by atoms with van der Waals surface area (Å²) in [5, 5.41) is 5.42. The predicted molar refractivity (Wildman–Crippen MR) is 117 cm³/mol. The standard InChI is InChI=1S/C23H29N3O7/c1-14-9-22(2,3)13-23(10-14)20(29)26(21(30)25-23)11-19(28)33-12-18(27)24-15-4-5-16-17(8-15)32-7-6-31-16/h4-5,8,14H,6-7,9-13H2,1-3H3,(H,24,27)(H,25,30)/t14-,23-/m1/s1. The number of carbonyl (C=O) groups excluding carboxylic acids is 4. The number of urea groups is 1. The van der Waals surface area contributed by atoms with Crippen LogP contribution in [-0.2, 0) is 19.1 Å². The molecule has 0 aromatic heterocycles. The predicted octanol–water partition coefficient (Wildman–Crippen LogP) is 2.08. The van der Waals surface area contributed by atoms with Crippen molar-refractivity contribution in [3.63, 3.8) is 0 Å². The number of carbonyl (C=O) groups is 4. The summed E-state index contributed by atoms with van der Waals surface area (Å²) in [5.74, 6) is -0.442. The van der Waals surface area contributed by atoms with Gasteiger partial charge in [-0.25, -0.2) is 4.79 Å². The highest BCUT2D eigenvalue weighted by molar-refractivity contribution is 6.09. The summed E-state index contributed by atoms with van der Waals surface area (Å²) in [6, 6.07) is 4.33. The highest BCUT2D eigenvalue weighted by Gasteiger charge is 2.56. The number of anilines is 1. The normalized spacial score (nSPS) is 25.5. The Balaban J connectivity index is 1.30. The van der Waals surface area contributed by atoms with Crippen molar-refractivity contribution >= 4 is 29.5 Å². The fraction of sp³-hybridized carbons (Fsp3) is 0.565. The highest BCUT2D eigenvalue weighted by atomic mass is 16.6. The summed E-state index contributed by atoms with van der Waals surface area (Å²) in [4.78, 5) is 50.9. The number of rotatable bonds is 5. The van der Waals surface area contributed by atoms with Gasteiger partial charge in [-0.1, -0.05) is 20.8 Å². The number of imide groups is 1. The van der Waals surface area contributed by atoms with Crippen LogP contribution in [0.15, 0.2) is 18.2 Å². The van der Waals surface area contributed by atoms with Crippen molar-refractivity contribution in [2.75, 3.05) is 31.7 Å². The van der Waals surface area contributed by atoms with Crippen LogP contribution >= 0.6 is 0 Å². The minimum atomic E-state index is -0.992. The van der Waals surface area contributed by atoms with Crippen LogP contribution in [0, 0.1) is 11.3 Å². The van der Waals surface area contributed by atoms with E-state index in [-0.39, 0.29) is 11.3 Å². The van der Waals surface area contributed by atoms with Gasteiger partial charge in [-0.3, -0.25) is 19.3 Å². The lowest BCUT2D eigenvalue weighted by atomic mass is 9.64. The third-order valence-electron chi connectivity index (χ3n) is 6.10. The van der Waals surface area contributed by atoms with E-state index in [9.17, 15) is 19.2 Å². The first-order chi connectivity index (χ1) is 15.6. The molecule has 1 aromatic rings. The minimum absolute atomic E-state index is 0.108. The Morgan fingerprint density at radius 2 is 1.91 bits per heavy atom. The summed E-state index contributed by atoms with van der Waals surface area (Å²) in [5.41, 5.74) is -0.637. The zero-order chi connectivity index (χ0) is 23.8. The maximum absolute atomic E-state index is 13.1. The molecule has 3 aliphatic rings. The van der Waals surface area contributed by atoms with Crippen LogP contribution in [-0.4, -0.2) is 60.6 Å². The third-order valence-corrected chi connectivity index (χ3v) is 6.10. The molecular formula is C23H29N3O7. The SMILES string of the molecule is C[C@@H]1CC(C)(C)C[C@@]2(C1)NC(=O)N(CC(=O)OCC(=O)Nc1ccc3c(c1)OCCO3)C2=O. The topological polar surface area (TPSA) is 123 Å². The average Bonchev–Trinajstić information content (AvgIpc) is 2.94. The van der Waals surface area contributed by atoms with Crippen molar-refractivity contribution in [1.82, 2.24) is 10.2 Å². The molecule has 1 aliphatic carbocycles.